The summed E-state index contributed by atoms with van der Waals surface area (Å²) in [7, 11) is 0. The zero-order valence-electron chi connectivity index (χ0n) is 9.64. The lowest BCUT2D eigenvalue weighted by Gasteiger charge is -2.37. The van der Waals surface area contributed by atoms with Crippen molar-refractivity contribution < 1.29 is 14.7 Å². The van der Waals surface area contributed by atoms with Crippen molar-refractivity contribution in [2.75, 3.05) is 0 Å². The Morgan fingerprint density at radius 2 is 2.24 bits per heavy atom. The minimum absolute atomic E-state index is 0.326. The predicted molar refractivity (Wildman–Crippen MR) is 62.6 cm³/mol. The summed E-state index contributed by atoms with van der Waals surface area (Å²) in [4.78, 5) is 22.2. The van der Waals surface area contributed by atoms with Gasteiger partial charge in [0.25, 0.3) is 0 Å². The largest absolute Gasteiger partial charge is 0.479 e. The number of carbonyl (C=O) groups excluding carboxylic acids is 1. The zero-order chi connectivity index (χ0) is 12.5. The van der Waals surface area contributed by atoms with Gasteiger partial charge in [-0.05, 0) is 29.9 Å². The second-order valence-electron chi connectivity index (χ2n) is 4.50. The number of benzene rings is 1. The SMILES string of the molecule is CC1CCC(NC=O)(C(=O)O)c2ccccc21. The van der Waals surface area contributed by atoms with E-state index in [-0.39, 0.29) is 0 Å². The van der Waals surface area contributed by atoms with E-state index in [9.17, 15) is 14.7 Å². The van der Waals surface area contributed by atoms with Crippen molar-refractivity contribution in [1.82, 2.24) is 5.32 Å². The van der Waals surface area contributed by atoms with E-state index < -0.39 is 11.5 Å². The van der Waals surface area contributed by atoms with Crippen molar-refractivity contribution in [1.29, 1.82) is 0 Å². The number of hydrogen-bond donors (Lipinski definition) is 2. The molecule has 0 radical (unpaired) electrons. The molecule has 2 N–H and O–H groups in total. The first kappa shape index (κ1) is 11.6. The first-order valence-electron chi connectivity index (χ1n) is 5.66. The normalized spacial score (nSPS) is 27.0. The second kappa shape index (κ2) is 4.20. The van der Waals surface area contributed by atoms with Gasteiger partial charge in [-0.2, -0.15) is 0 Å². The van der Waals surface area contributed by atoms with Crippen LogP contribution in [-0.2, 0) is 15.1 Å². The van der Waals surface area contributed by atoms with E-state index in [4.69, 9.17) is 0 Å². The molecule has 0 saturated heterocycles. The van der Waals surface area contributed by atoms with Gasteiger partial charge in [0, 0.05) is 0 Å². The van der Waals surface area contributed by atoms with Crippen LogP contribution in [0.4, 0.5) is 0 Å². The molecule has 2 unspecified atom stereocenters. The van der Waals surface area contributed by atoms with Gasteiger partial charge in [0.05, 0.1) is 0 Å². The maximum Gasteiger partial charge on any atom is 0.334 e. The van der Waals surface area contributed by atoms with Crippen molar-refractivity contribution >= 4 is 12.4 Å². The van der Waals surface area contributed by atoms with Gasteiger partial charge in [0.1, 0.15) is 0 Å². The molecule has 4 heteroatoms. The van der Waals surface area contributed by atoms with Crippen LogP contribution in [0.2, 0.25) is 0 Å². The quantitative estimate of drug-likeness (QED) is 0.779. The molecule has 1 amide bonds. The first-order valence-corrected chi connectivity index (χ1v) is 5.66. The predicted octanol–water partition coefficient (Wildman–Crippen LogP) is 1.61. The van der Waals surface area contributed by atoms with Crippen LogP contribution < -0.4 is 5.32 Å². The van der Waals surface area contributed by atoms with Crippen LogP contribution in [0.1, 0.15) is 36.8 Å². The summed E-state index contributed by atoms with van der Waals surface area (Å²) in [5, 5.41) is 11.9. The van der Waals surface area contributed by atoms with E-state index in [2.05, 4.69) is 12.2 Å². The lowest BCUT2D eigenvalue weighted by atomic mass is 9.72. The van der Waals surface area contributed by atoms with Crippen LogP contribution >= 0.6 is 0 Å². The number of fused-ring (bicyclic) bond motifs is 1. The highest BCUT2D eigenvalue weighted by atomic mass is 16.4. The van der Waals surface area contributed by atoms with Gasteiger partial charge in [-0.15, -0.1) is 0 Å². The third-order valence-electron chi connectivity index (χ3n) is 3.57. The molecule has 90 valence electrons. The van der Waals surface area contributed by atoms with Crippen molar-refractivity contribution in [2.24, 2.45) is 0 Å². The van der Waals surface area contributed by atoms with Crippen molar-refractivity contribution in [2.45, 2.75) is 31.2 Å². The van der Waals surface area contributed by atoms with Crippen LogP contribution in [0.5, 0.6) is 0 Å². The standard InChI is InChI=1S/C13H15NO3/c1-9-6-7-13(12(16)17,14-8-15)11-5-3-2-4-10(9)11/h2-5,8-9H,6-7H2,1H3,(H,14,15)(H,16,17). The average molecular weight is 233 g/mol. The fraction of sp³-hybridized carbons (Fsp3) is 0.385. The molecule has 0 aromatic heterocycles. The molecule has 0 heterocycles. The summed E-state index contributed by atoms with van der Waals surface area (Å²) in [5.74, 6) is -0.670. The monoisotopic (exact) mass is 233 g/mol. The molecule has 0 bridgehead atoms. The van der Waals surface area contributed by atoms with Gasteiger partial charge in [-0.25, -0.2) is 4.79 Å². The van der Waals surface area contributed by atoms with Gasteiger partial charge in [-0.3, -0.25) is 4.79 Å². The summed E-state index contributed by atoms with van der Waals surface area (Å²) in [6.45, 7) is 2.07. The molecule has 17 heavy (non-hydrogen) atoms. The van der Waals surface area contributed by atoms with Crippen molar-refractivity contribution in [3.8, 4) is 0 Å². The molecule has 1 aromatic rings. The minimum Gasteiger partial charge on any atom is -0.479 e. The van der Waals surface area contributed by atoms with Gasteiger partial charge >= 0.3 is 5.97 Å². The Hall–Kier alpha value is -1.84. The lowest BCUT2D eigenvalue weighted by molar-refractivity contribution is -0.147. The number of amides is 1. The molecule has 1 aliphatic carbocycles. The van der Waals surface area contributed by atoms with Gasteiger partial charge in [-0.1, -0.05) is 31.2 Å². The molecule has 2 atom stereocenters. The van der Waals surface area contributed by atoms with Gasteiger partial charge in [0.15, 0.2) is 5.54 Å². The number of nitrogens with one attached hydrogen (secondary N) is 1. The smallest absolute Gasteiger partial charge is 0.334 e. The zero-order valence-corrected chi connectivity index (χ0v) is 9.64. The molecule has 4 nitrogen and oxygen atoms in total. The number of hydrogen-bond acceptors (Lipinski definition) is 2. The molecule has 1 aromatic carbocycles. The Kier molecular flexibility index (Phi) is 2.88. The summed E-state index contributed by atoms with van der Waals surface area (Å²) in [5.41, 5.74) is 0.457. The number of rotatable bonds is 3. The van der Waals surface area contributed by atoms with Crippen molar-refractivity contribution in [3.63, 3.8) is 0 Å². The Balaban J connectivity index is 2.60. The van der Waals surface area contributed by atoms with Gasteiger partial charge in [0.2, 0.25) is 6.41 Å². The minimum atomic E-state index is -1.26. The Morgan fingerprint density at radius 3 is 2.88 bits per heavy atom. The molecular weight excluding hydrogens is 218 g/mol. The lowest BCUT2D eigenvalue weighted by Crippen LogP contribution is -2.51. The highest BCUT2D eigenvalue weighted by molar-refractivity contribution is 5.84. The van der Waals surface area contributed by atoms with Crippen LogP contribution in [0.15, 0.2) is 24.3 Å². The average Bonchev–Trinajstić information content (AvgIpc) is 2.33. The molecule has 2 rings (SSSR count). The molecule has 0 aliphatic heterocycles. The van der Waals surface area contributed by atoms with E-state index in [0.29, 0.717) is 24.3 Å². The number of carboxylic acids is 1. The van der Waals surface area contributed by atoms with Gasteiger partial charge < -0.3 is 10.4 Å². The Labute approximate surface area is 99.6 Å². The Morgan fingerprint density at radius 1 is 1.53 bits per heavy atom. The topological polar surface area (TPSA) is 66.4 Å². The van der Waals surface area contributed by atoms with Crippen LogP contribution in [0, 0.1) is 0 Å². The summed E-state index contributed by atoms with van der Waals surface area (Å²) < 4.78 is 0. The third kappa shape index (κ3) is 1.69. The summed E-state index contributed by atoms with van der Waals surface area (Å²) >= 11 is 0. The fourth-order valence-corrected chi connectivity index (χ4v) is 2.57. The van der Waals surface area contributed by atoms with Crippen LogP contribution in [0.25, 0.3) is 0 Å². The highest BCUT2D eigenvalue weighted by Gasteiger charge is 2.44. The van der Waals surface area contributed by atoms with E-state index in [1.807, 2.05) is 12.1 Å². The second-order valence-corrected chi connectivity index (χ2v) is 4.50. The van der Waals surface area contributed by atoms with E-state index in [1.165, 1.54) is 0 Å². The summed E-state index contributed by atoms with van der Waals surface area (Å²) in [6, 6.07) is 7.42. The number of carbonyl (C=O) groups is 2. The third-order valence-corrected chi connectivity index (χ3v) is 3.57. The first-order chi connectivity index (χ1) is 8.12. The van der Waals surface area contributed by atoms with Crippen molar-refractivity contribution in [3.05, 3.63) is 35.4 Å². The molecule has 1 aliphatic rings. The van der Waals surface area contributed by atoms with Crippen LogP contribution in [-0.4, -0.2) is 17.5 Å². The molecule has 0 fully saturated rings. The Bertz CT molecular complexity index is 458. The molecule has 0 saturated carbocycles. The molecular formula is C13H15NO3. The van der Waals surface area contributed by atoms with E-state index >= 15 is 0 Å². The highest BCUT2D eigenvalue weighted by Crippen LogP contribution is 2.41. The van der Waals surface area contributed by atoms with Crippen LogP contribution in [0.3, 0.4) is 0 Å². The fourth-order valence-electron chi connectivity index (χ4n) is 2.57. The number of aliphatic carboxylic acids is 1. The maximum atomic E-state index is 11.5. The number of carboxylic acid groups (broad SMARTS) is 1. The molecule has 0 spiro atoms. The van der Waals surface area contributed by atoms with E-state index in [1.54, 1.807) is 12.1 Å². The summed E-state index contributed by atoms with van der Waals surface area (Å²) in [6.07, 6.45) is 1.66. The maximum absolute atomic E-state index is 11.5. The van der Waals surface area contributed by atoms with E-state index in [0.717, 1.165) is 12.0 Å².